The summed E-state index contributed by atoms with van der Waals surface area (Å²) in [4.78, 5) is 14.5. The van der Waals surface area contributed by atoms with Crippen molar-refractivity contribution in [2.45, 2.75) is 30.8 Å². The molecule has 1 aliphatic rings. The highest BCUT2D eigenvalue weighted by Crippen LogP contribution is 2.37. The molecule has 43 heavy (non-hydrogen) atoms. The van der Waals surface area contributed by atoms with Crippen LogP contribution in [0.15, 0.2) is 131 Å². The molecule has 0 saturated carbocycles. The number of ether oxygens (including phenoxy) is 1. The van der Waals surface area contributed by atoms with Crippen LogP contribution in [0.1, 0.15) is 24.0 Å². The maximum Gasteiger partial charge on any atom is 0.225 e. The molecule has 0 radical (unpaired) electrons. The number of anilines is 3. The maximum atomic E-state index is 9.86. The minimum absolute atomic E-state index is 0.0562. The van der Waals surface area contributed by atoms with Crippen molar-refractivity contribution >= 4 is 40.1 Å². The number of allylic oxidation sites excluding steroid dienone is 2. The van der Waals surface area contributed by atoms with Gasteiger partial charge < -0.3 is 20.1 Å². The zero-order valence-electron chi connectivity index (χ0n) is 24.1. The van der Waals surface area contributed by atoms with Crippen LogP contribution in [0.3, 0.4) is 0 Å². The van der Waals surface area contributed by atoms with Crippen molar-refractivity contribution in [1.82, 2.24) is 9.97 Å². The van der Waals surface area contributed by atoms with Crippen molar-refractivity contribution in [3.8, 4) is 5.75 Å². The lowest BCUT2D eigenvalue weighted by Crippen LogP contribution is -2.19. The molecule has 0 amide bonds. The van der Waals surface area contributed by atoms with Gasteiger partial charge in [0, 0.05) is 34.0 Å². The number of aromatic nitrogens is 2. The van der Waals surface area contributed by atoms with Gasteiger partial charge in [-0.25, -0.2) is 4.98 Å². The van der Waals surface area contributed by atoms with Crippen LogP contribution in [0.2, 0.25) is 0 Å². The summed E-state index contributed by atoms with van der Waals surface area (Å²) in [6, 6.07) is 35.0. The van der Waals surface area contributed by atoms with Crippen molar-refractivity contribution in [1.29, 1.82) is 0 Å². The summed E-state index contributed by atoms with van der Waals surface area (Å²) in [5, 5.41) is 14.4. The minimum atomic E-state index is 0.0562. The second kappa shape index (κ2) is 13.6. The van der Waals surface area contributed by atoms with Crippen LogP contribution in [0.25, 0.3) is 10.9 Å². The summed E-state index contributed by atoms with van der Waals surface area (Å²) in [7, 11) is 1.68. The molecule has 216 valence electrons. The van der Waals surface area contributed by atoms with E-state index in [2.05, 4.69) is 89.1 Å². The Balaban J connectivity index is 1.34. The van der Waals surface area contributed by atoms with Gasteiger partial charge in [0.1, 0.15) is 11.6 Å². The molecule has 7 heteroatoms. The van der Waals surface area contributed by atoms with E-state index in [1.54, 1.807) is 18.9 Å². The summed E-state index contributed by atoms with van der Waals surface area (Å²) in [6.45, 7) is 1.26. The van der Waals surface area contributed by atoms with Crippen LogP contribution in [0.4, 0.5) is 17.5 Å². The number of benzene rings is 4. The van der Waals surface area contributed by atoms with Gasteiger partial charge in [0.25, 0.3) is 0 Å². The van der Waals surface area contributed by atoms with Gasteiger partial charge in [-0.2, -0.15) is 4.98 Å². The van der Waals surface area contributed by atoms with Crippen molar-refractivity contribution in [3.05, 3.63) is 137 Å². The van der Waals surface area contributed by atoms with E-state index < -0.39 is 0 Å². The molecule has 6 nitrogen and oxygen atoms in total. The SMILES string of the molecule is COc1ccc(N(Cc2ccccc2)c2nc(NCc3ccccc3SC3=CCCC=C3CO)nc3ccccc23)cc1. The number of nitrogens with one attached hydrogen (secondary N) is 1. The second-order valence-corrected chi connectivity index (χ2v) is 11.3. The first-order valence-electron chi connectivity index (χ1n) is 14.4. The zero-order chi connectivity index (χ0) is 29.4. The predicted molar refractivity (Wildman–Crippen MR) is 177 cm³/mol. The predicted octanol–water partition coefficient (Wildman–Crippen LogP) is 8.28. The normalized spacial score (nSPS) is 12.9. The number of hydrogen-bond donors (Lipinski definition) is 2. The summed E-state index contributed by atoms with van der Waals surface area (Å²) in [5.74, 6) is 2.20. The maximum absolute atomic E-state index is 9.86. The first kappa shape index (κ1) is 28.5. The van der Waals surface area contributed by atoms with E-state index in [-0.39, 0.29) is 6.61 Å². The van der Waals surface area contributed by atoms with Crippen LogP contribution in [0, 0.1) is 0 Å². The lowest BCUT2D eigenvalue weighted by molar-refractivity contribution is 0.333. The Kier molecular flexibility index (Phi) is 9.02. The van der Waals surface area contributed by atoms with E-state index in [0.29, 0.717) is 19.0 Å². The number of para-hydroxylation sites is 1. The zero-order valence-corrected chi connectivity index (χ0v) is 24.9. The third-order valence-corrected chi connectivity index (χ3v) is 8.68. The fourth-order valence-corrected chi connectivity index (χ4v) is 6.29. The molecule has 0 fully saturated rings. The van der Waals surface area contributed by atoms with Crippen molar-refractivity contribution in [2.75, 3.05) is 23.9 Å². The molecule has 0 unspecified atom stereocenters. The van der Waals surface area contributed by atoms with E-state index in [0.717, 1.165) is 61.9 Å². The van der Waals surface area contributed by atoms with Gasteiger partial charge in [0.05, 0.1) is 19.2 Å². The number of nitrogens with zero attached hydrogens (tertiary/aromatic N) is 3. The standard InChI is InChI=1S/C36H34N4O2S/c1-42-30-21-19-29(20-22-30)40(24-26-11-3-2-4-12-26)35-31-15-7-8-16-32(31)38-36(39-35)37-23-27-13-5-9-17-33(27)43-34-18-10-6-14-28(34)25-41/h2-5,7-9,11-22,41H,6,10,23-25H2,1H3,(H,37,38,39). The van der Waals surface area contributed by atoms with E-state index >= 15 is 0 Å². The Morgan fingerprint density at radius 3 is 2.40 bits per heavy atom. The molecule has 5 aromatic rings. The molecule has 2 N–H and O–H groups in total. The monoisotopic (exact) mass is 586 g/mol. The Labute approximate surface area is 256 Å². The van der Waals surface area contributed by atoms with Crippen LogP contribution in [-0.2, 0) is 13.1 Å². The largest absolute Gasteiger partial charge is 0.497 e. The molecular weight excluding hydrogens is 552 g/mol. The second-order valence-electron chi connectivity index (χ2n) is 10.3. The first-order chi connectivity index (χ1) is 21.2. The molecule has 4 aromatic carbocycles. The van der Waals surface area contributed by atoms with E-state index in [9.17, 15) is 5.11 Å². The lowest BCUT2D eigenvalue weighted by Gasteiger charge is -2.26. The first-order valence-corrected chi connectivity index (χ1v) is 15.3. The van der Waals surface area contributed by atoms with E-state index in [4.69, 9.17) is 14.7 Å². The quantitative estimate of drug-likeness (QED) is 0.161. The number of hydrogen-bond acceptors (Lipinski definition) is 7. The molecule has 1 aromatic heterocycles. The van der Waals surface area contributed by atoms with Gasteiger partial charge in [-0.1, -0.05) is 84.6 Å². The van der Waals surface area contributed by atoms with Crippen molar-refractivity contribution < 1.29 is 9.84 Å². The molecule has 1 heterocycles. The Morgan fingerprint density at radius 2 is 1.58 bits per heavy atom. The highest BCUT2D eigenvalue weighted by atomic mass is 32.2. The molecule has 0 bridgehead atoms. The summed E-state index contributed by atoms with van der Waals surface area (Å²) in [5.41, 5.74) is 5.20. The Hall–Kier alpha value is -4.59. The van der Waals surface area contributed by atoms with Gasteiger partial charge in [0.2, 0.25) is 5.95 Å². The molecule has 0 saturated heterocycles. The highest BCUT2D eigenvalue weighted by molar-refractivity contribution is 8.03. The van der Waals surface area contributed by atoms with Gasteiger partial charge in [0.15, 0.2) is 0 Å². The van der Waals surface area contributed by atoms with Gasteiger partial charge in [-0.3, -0.25) is 0 Å². The van der Waals surface area contributed by atoms with Crippen LogP contribution in [-0.4, -0.2) is 28.8 Å². The average Bonchev–Trinajstić information content (AvgIpc) is 3.07. The van der Waals surface area contributed by atoms with E-state index in [1.165, 1.54) is 5.56 Å². The Bertz CT molecular complexity index is 1750. The molecule has 1 aliphatic carbocycles. The number of aliphatic hydroxyl groups excluding tert-OH is 1. The van der Waals surface area contributed by atoms with Crippen molar-refractivity contribution in [3.63, 3.8) is 0 Å². The lowest BCUT2D eigenvalue weighted by atomic mass is 10.1. The fourth-order valence-electron chi connectivity index (χ4n) is 5.16. The van der Waals surface area contributed by atoms with Crippen molar-refractivity contribution in [2.24, 2.45) is 0 Å². The topological polar surface area (TPSA) is 70.5 Å². The molecule has 6 rings (SSSR count). The van der Waals surface area contributed by atoms with Gasteiger partial charge >= 0.3 is 0 Å². The molecular formula is C36H34N4O2S. The summed E-state index contributed by atoms with van der Waals surface area (Å²) in [6.07, 6.45) is 6.33. The van der Waals surface area contributed by atoms with Crippen LogP contribution in [0.5, 0.6) is 5.75 Å². The number of thioether (sulfide) groups is 1. The van der Waals surface area contributed by atoms with Crippen LogP contribution >= 0.6 is 11.8 Å². The van der Waals surface area contributed by atoms with Gasteiger partial charge in [-0.05, 0) is 72.0 Å². The number of methoxy groups -OCH3 is 1. The third-order valence-electron chi connectivity index (χ3n) is 7.41. The summed E-state index contributed by atoms with van der Waals surface area (Å²) >= 11 is 1.70. The highest BCUT2D eigenvalue weighted by Gasteiger charge is 2.18. The minimum Gasteiger partial charge on any atom is -0.497 e. The van der Waals surface area contributed by atoms with E-state index in [1.807, 2.05) is 36.4 Å². The number of fused-ring (bicyclic) bond motifs is 1. The molecule has 0 spiro atoms. The fraction of sp³-hybridized carbons (Fsp3) is 0.167. The van der Waals surface area contributed by atoms with Crippen LogP contribution < -0.4 is 15.0 Å². The summed E-state index contributed by atoms with van der Waals surface area (Å²) < 4.78 is 5.43. The van der Waals surface area contributed by atoms with Gasteiger partial charge in [-0.15, -0.1) is 0 Å². The number of aliphatic hydroxyl groups is 1. The smallest absolute Gasteiger partial charge is 0.225 e. The average molecular weight is 587 g/mol. The Morgan fingerprint density at radius 1 is 0.837 bits per heavy atom. The number of rotatable bonds is 11. The third kappa shape index (κ3) is 6.74. The molecule has 0 aliphatic heterocycles. The molecule has 0 atom stereocenters.